The molecule has 0 fully saturated rings. The molecule has 0 aliphatic carbocycles. The summed E-state index contributed by atoms with van der Waals surface area (Å²) in [6.07, 6.45) is 4.14. The van der Waals surface area contributed by atoms with Gasteiger partial charge in [0.25, 0.3) is 0 Å². The zero-order valence-corrected chi connectivity index (χ0v) is 11.8. The van der Waals surface area contributed by atoms with E-state index in [1.165, 1.54) is 5.56 Å². The summed E-state index contributed by atoms with van der Waals surface area (Å²) in [5, 5.41) is 0. The van der Waals surface area contributed by atoms with Crippen LogP contribution in [0, 0.1) is 5.92 Å². The zero-order chi connectivity index (χ0) is 14.1. The number of Topliss-reactive ketones (excluding diaryl/α,β-unsaturated/α-hetero) is 1. The Kier molecular flexibility index (Phi) is 7.38. The molecule has 0 amide bonds. The monoisotopic (exact) mass is 262 g/mol. The molecule has 0 saturated carbocycles. The molecule has 1 aromatic rings. The Morgan fingerprint density at radius 3 is 2.53 bits per heavy atom. The third kappa shape index (κ3) is 6.50. The lowest BCUT2D eigenvalue weighted by molar-refractivity contribution is -0.121. The maximum atomic E-state index is 12.0. The maximum Gasteiger partial charge on any atom is 0.149 e. The van der Waals surface area contributed by atoms with Crippen LogP contribution in [0.2, 0.25) is 0 Å². The fraction of sp³-hybridized carbons (Fsp3) is 0.562. The van der Waals surface area contributed by atoms with Crippen molar-refractivity contribution in [2.75, 3.05) is 6.54 Å². The van der Waals surface area contributed by atoms with Crippen molar-refractivity contribution in [1.82, 2.24) is 0 Å². The van der Waals surface area contributed by atoms with Crippen LogP contribution in [0.25, 0.3) is 0 Å². The van der Waals surface area contributed by atoms with Crippen molar-refractivity contribution in [3.63, 3.8) is 0 Å². The summed E-state index contributed by atoms with van der Waals surface area (Å²) in [5.41, 5.74) is 12.6. The third-order valence-electron chi connectivity index (χ3n) is 3.36. The average molecular weight is 262 g/mol. The van der Waals surface area contributed by atoms with E-state index < -0.39 is 0 Å². The molecular weight excluding hydrogens is 236 g/mol. The van der Waals surface area contributed by atoms with Crippen LogP contribution in [0.15, 0.2) is 30.3 Å². The van der Waals surface area contributed by atoms with Crippen molar-refractivity contribution in [1.29, 1.82) is 0 Å². The van der Waals surface area contributed by atoms with Crippen molar-refractivity contribution in [3.8, 4) is 0 Å². The van der Waals surface area contributed by atoms with Crippen LogP contribution < -0.4 is 11.5 Å². The average Bonchev–Trinajstić information content (AvgIpc) is 2.39. The second-order valence-electron chi connectivity index (χ2n) is 5.36. The van der Waals surface area contributed by atoms with Gasteiger partial charge in [-0.05, 0) is 37.3 Å². The van der Waals surface area contributed by atoms with E-state index in [0.29, 0.717) is 18.9 Å². The lowest BCUT2D eigenvalue weighted by Crippen LogP contribution is -2.31. The summed E-state index contributed by atoms with van der Waals surface area (Å²) in [6.45, 7) is 2.78. The lowest BCUT2D eigenvalue weighted by atomic mass is 9.92. The van der Waals surface area contributed by atoms with Crippen LogP contribution in [-0.4, -0.2) is 18.4 Å². The van der Waals surface area contributed by atoms with E-state index >= 15 is 0 Å². The number of hydrogen-bond donors (Lipinski definition) is 2. The summed E-state index contributed by atoms with van der Waals surface area (Å²) < 4.78 is 0. The highest BCUT2D eigenvalue weighted by atomic mass is 16.1. The molecule has 3 nitrogen and oxygen atoms in total. The summed E-state index contributed by atoms with van der Waals surface area (Å²) >= 11 is 0. The van der Waals surface area contributed by atoms with Crippen molar-refractivity contribution >= 4 is 5.78 Å². The van der Waals surface area contributed by atoms with Gasteiger partial charge in [0.05, 0.1) is 6.04 Å². The number of carbonyl (C=O) groups excluding carboxylic acids is 1. The smallest absolute Gasteiger partial charge is 0.149 e. The first-order valence-corrected chi connectivity index (χ1v) is 7.15. The molecule has 2 unspecified atom stereocenters. The van der Waals surface area contributed by atoms with E-state index in [0.717, 1.165) is 25.7 Å². The Balaban J connectivity index is 2.31. The molecule has 1 aromatic carbocycles. The fourth-order valence-corrected chi connectivity index (χ4v) is 2.25. The molecular formula is C16H26N2O. The quantitative estimate of drug-likeness (QED) is 0.671. The van der Waals surface area contributed by atoms with Gasteiger partial charge in [-0.3, -0.25) is 4.79 Å². The van der Waals surface area contributed by atoms with Crippen LogP contribution in [0.5, 0.6) is 0 Å². The molecule has 0 spiro atoms. The highest BCUT2D eigenvalue weighted by Gasteiger charge is 2.16. The van der Waals surface area contributed by atoms with Crippen LogP contribution in [0.3, 0.4) is 0 Å². The maximum absolute atomic E-state index is 12.0. The summed E-state index contributed by atoms with van der Waals surface area (Å²) in [4.78, 5) is 12.0. The molecule has 0 aliphatic heterocycles. The predicted molar refractivity (Wildman–Crippen MR) is 79.8 cm³/mol. The molecule has 0 aromatic heterocycles. The van der Waals surface area contributed by atoms with Gasteiger partial charge in [0.2, 0.25) is 0 Å². The second-order valence-corrected chi connectivity index (χ2v) is 5.36. The minimum Gasteiger partial charge on any atom is -0.330 e. The molecule has 0 radical (unpaired) electrons. The van der Waals surface area contributed by atoms with Gasteiger partial charge in [-0.2, -0.15) is 0 Å². The van der Waals surface area contributed by atoms with Crippen molar-refractivity contribution in [3.05, 3.63) is 35.9 Å². The summed E-state index contributed by atoms with van der Waals surface area (Å²) in [7, 11) is 0. The van der Waals surface area contributed by atoms with E-state index in [2.05, 4.69) is 19.1 Å². The van der Waals surface area contributed by atoms with Crippen molar-refractivity contribution < 1.29 is 4.79 Å². The highest BCUT2D eigenvalue weighted by molar-refractivity contribution is 5.83. The molecule has 2 atom stereocenters. The number of nitrogens with two attached hydrogens (primary N) is 2. The SMILES string of the molecule is CC(CC(=O)C(N)CCCCN)Cc1ccccc1. The number of benzene rings is 1. The minimum atomic E-state index is -0.315. The Morgan fingerprint density at radius 1 is 1.21 bits per heavy atom. The van der Waals surface area contributed by atoms with E-state index in [1.807, 2.05) is 18.2 Å². The molecule has 19 heavy (non-hydrogen) atoms. The molecule has 4 N–H and O–H groups in total. The van der Waals surface area contributed by atoms with Crippen LogP contribution >= 0.6 is 0 Å². The predicted octanol–water partition coefficient (Wildman–Crippen LogP) is 2.28. The molecule has 106 valence electrons. The molecule has 0 saturated heterocycles. The van der Waals surface area contributed by atoms with E-state index in [-0.39, 0.29) is 11.8 Å². The van der Waals surface area contributed by atoms with Gasteiger partial charge < -0.3 is 11.5 Å². The number of unbranched alkanes of at least 4 members (excludes halogenated alkanes) is 1. The zero-order valence-electron chi connectivity index (χ0n) is 11.8. The molecule has 0 bridgehead atoms. The Bertz CT molecular complexity index is 364. The van der Waals surface area contributed by atoms with Crippen molar-refractivity contribution in [2.24, 2.45) is 17.4 Å². The van der Waals surface area contributed by atoms with E-state index in [9.17, 15) is 4.79 Å². The minimum absolute atomic E-state index is 0.181. The van der Waals surface area contributed by atoms with Gasteiger partial charge in [-0.15, -0.1) is 0 Å². The molecule has 1 rings (SSSR count). The van der Waals surface area contributed by atoms with Crippen LogP contribution in [0.1, 0.15) is 38.2 Å². The van der Waals surface area contributed by atoms with Crippen molar-refractivity contribution in [2.45, 2.75) is 45.1 Å². The lowest BCUT2D eigenvalue weighted by Gasteiger charge is -2.14. The Labute approximate surface area is 116 Å². The highest BCUT2D eigenvalue weighted by Crippen LogP contribution is 2.13. The largest absolute Gasteiger partial charge is 0.330 e. The summed E-state index contributed by atoms with van der Waals surface area (Å²) in [6, 6.07) is 9.95. The van der Waals surface area contributed by atoms with Crippen LogP contribution in [-0.2, 0) is 11.2 Å². The third-order valence-corrected chi connectivity index (χ3v) is 3.36. The number of hydrogen-bond acceptors (Lipinski definition) is 3. The Hall–Kier alpha value is -1.19. The van der Waals surface area contributed by atoms with Gasteiger partial charge in [0, 0.05) is 6.42 Å². The van der Waals surface area contributed by atoms with Gasteiger partial charge in [0.15, 0.2) is 0 Å². The number of rotatable bonds is 9. The van der Waals surface area contributed by atoms with E-state index in [4.69, 9.17) is 11.5 Å². The number of carbonyl (C=O) groups is 1. The summed E-state index contributed by atoms with van der Waals surface area (Å²) in [5.74, 6) is 0.524. The van der Waals surface area contributed by atoms with Gasteiger partial charge >= 0.3 is 0 Å². The Morgan fingerprint density at radius 2 is 1.89 bits per heavy atom. The molecule has 0 aliphatic rings. The van der Waals surface area contributed by atoms with Crippen LogP contribution in [0.4, 0.5) is 0 Å². The topological polar surface area (TPSA) is 69.1 Å². The second kappa shape index (κ2) is 8.83. The van der Waals surface area contributed by atoms with Gasteiger partial charge in [-0.1, -0.05) is 43.7 Å². The van der Waals surface area contributed by atoms with Gasteiger partial charge in [-0.25, -0.2) is 0 Å². The fourth-order valence-electron chi connectivity index (χ4n) is 2.25. The van der Waals surface area contributed by atoms with E-state index in [1.54, 1.807) is 0 Å². The molecule has 0 heterocycles. The first kappa shape index (κ1) is 15.9. The van der Waals surface area contributed by atoms with Gasteiger partial charge in [0.1, 0.15) is 5.78 Å². The normalized spacial score (nSPS) is 14.1. The standard InChI is InChI=1S/C16H26N2O/c1-13(11-14-7-3-2-4-8-14)12-16(19)15(18)9-5-6-10-17/h2-4,7-8,13,15H,5-6,9-12,17-18H2,1H3. The first-order chi connectivity index (χ1) is 9.13. The first-order valence-electron chi connectivity index (χ1n) is 7.15. The molecule has 3 heteroatoms. The number of ketones is 1.